The molecule has 118 valence electrons. The van der Waals surface area contributed by atoms with Crippen LogP contribution in [0.15, 0.2) is 75.8 Å². The van der Waals surface area contributed by atoms with Gasteiger partial charge in [0.15, 0.2) is 5.13 Å². The summed E-state index contributed by atoms with van der Waals surface area (Å²) in [4.78, 5) is 5.74. The summed E-state index contributed by atoms with van der Waals surface area (Å²) in [6.45, 7) is 2.09. The molecule has 1 heterocycles. The van der Waals surface area contributed by atoms with Gasteiger partial charge in [0.1, 0.15) is 0 Å². The number of hydrogen-bond acceptors (Lipinski definition) is 4. The zero-order chi connectivity index (χ0) is 16.5. The minimum Gasteiger partial charge on any atom is -0.375 e. The Bertz CT molecular complexity index is 1000. The van der Waals surface area contributed by atoms with E-state index in [9.17, 15) is 0 Å². The third-order valence-corrected chi connectivity index (χ3v) is 5.92. The molecule has 0 amide bonds. The first kappa shape index (κ1) is 15.2. The van der Waals surface area contributed by atoms with Crippen molar-refractivity contribution < 1.29 is 0 Å². The highest BCUT2D eigenvalue weighted by molar-refractivity contribution is 8.01. The molecular formula is C20H16N2S2. The zero-order valence-electron chi connectivity index (χ0n) is 13.2. The fourth-order valence-corrected chi connectivity index (χ4v) is 4.72. The molecule has 0 radical (unpaired) electrons. The van der Waals surface area contributed by atoms with Crippen molar-refractivity contribution in [3.8, 4) is 11.3 Å². The van der Waals surface area contributed by atoms with E-state index >= 15 is 0 Å². The minimum atomic E-state index is 0.605. The van der Waals surface area contributed by atoms with E-state index in [1.54, 1.807) is 23.1 Å². The Labute approximate surface area is 149 Å². The molecule has 0 aliphatic carbocycles. The molecule has 1 aromatic heterocycles. The van der Waals surface area contributed by atoms with Crippen molar-refractivity contribution in [2.75, 3.05) is 5.73 Å². The third kappa shape index (κ3) is 3.03. The molecule has 0 saturated heterocycles. The van der Waals surface area contributed by atoms with Crippen molar-refractivity contribution in [1.82, 2.24) is 4.98 Å². The Balaban J connectivity index is 1.72. The topological polar surface area (TPSA) is 38.9 Å². The summed E-state index contributed by atoms with van der Waals surface area (Å²) in [5.74, 6) is 0. The monoisotopic (exact) mass is 348 g/mol. The Kier molecular flexibility index (Phi) is 4.00. The van der Waals surface area contributed by atoms with Crippen LogP contribution in [0.5, 0.6) is 0 Å². The number of hydrogen-bond donors (Lipinski definition) is 1. The van der Waals surface area contributed by atoms with E-state index in [-0.39, 0.29) is 0 Å². The highest BCUT2D eigenvalue weighted by atomic mass is 32.2. The van der Waals surface area contributed by atoms with E-state index in [1.165, 1.54) is 21.2 Å². The van der Waals surface area contributed by atoms with Crippen molar-refractivity contribution in [3.05, 3.63) is 72.3 Å². The van der Waals surface area contributed by atoms with Crippen molar-refractivity contribution in [3.63, 3.8) is 0 Å². The molecule has 0 aliphatic rings. The smallest absolute Gasteiger partial charge is 0.181 e. The van der Waals surface area contributed by atoms with Gasteiger partial charge < -0.3 is 5.73 Å². The second-order valence-corrected chi connectivity index (χ2v) is 8.04. The van der Waals surface area contributed by atoms with Gasteiger partial charge in [0.25, 0.3) is 0 Å². The molecule has 0 spiro atoms. The van der Waals surface area contributed by atoms with Gasteiger partial charge in [-0.3, -0.25) is 0 Å². The van der Waals surface area contributed by atoms with Crippen molar-refractivity contribution in [1.29, 1.82) is 0 Å². The lowest BCUT2D eigenvalue weighted by Gasteiger charge is -2.05. The Morgan fingerprint density at radius 2 is 1.67 bits per heavy atom. The predicted octanol–water partition coefficient (Wildman–Crippen LogP) is 6.01. The number of fused-ring (bicyclic) bond motifs is 1. The van der Waals surface area contributed by atoms with E-state index in [4.69, 9.17) is 5.73 Å². The second kappa shape index (κ2) is 6.30. The molecule has 0 saturated carbocycles. The largest absolute Gasteiger partial charge is 0.375 e. The summed E-state index contributed by atoms with van der Waals surface area (Å²) in [5, 5.41) is 3.11. The van der Waals surface area contributed by atoms with Crippen LogP contribution >= 0.6 is 23.1 Å². The first-order valence-corrected chi connectivity index (χ1v) is 9.32. The number of benzene rings is 3. The molecule has 0 atom stereocenters. The van der Waals surface area contributed by atoms with E-state index in [1.807, 2.05) is 0 Å². The van der Waals surface area contributed by atoms with Gasteiger partial charge in [0, 0.05) is 10.5 Å². The van der Waals surface area contributed by atoms with Crippen LogP contribution in [-0.4, -0.2) is 4.98 Å². The van der Waals surface area contributed by atoms with Crippen LogP contribution in [0.2, 0.25) is 0 Å². The number of rotatable bonds is 3. The van der Waals surface area contributed by atoms with E-state index in [2.05, 4.69) is 78.6 Å². The molecule has 3 aromatic carbocycles. The summed E-state index contributed by atoms with van der Waals surface area (Å²) in [6, 6.07) is 23.4. The predicted molar refractivity (Wildman–Crippen MR) is 105 cm³/mol. The quantitative estimate of drug-likeness (QED) is 0.493. The van der Waals surface area contributed by atoms with Gasteiger partial charge in [-0.1, -0.05) is 83.3 Å². The van der Waals surface area contributed by atoms with Gasteiger partial charge in [-0.25, -0.2) is 4.98 Å². The molecule has 4 rings (SSSR count). The normalized spacial score (nSPS) is 11.0. The second-order valence-electron chi connectivity index (χ2n) is 5.67. The fraction of sp³-hybridized carbons (Fsp3) is 0.0500. The summed E-state index contributed by atoms with van der Waals surface area (Å²) >= 11 is 3.27. The van der Waals surface area contributed by atoms with Crippen molar-refractivity contribution in [2.24, 2.45) is 0 Å². The number of thiazole rings is 1. The maximum Gasteiger partial charge on any atom is 0.181 e. The van der Waals surface area contributed by atoms with Gasteiger partial charge >= 0.3 is 0 Å². The molecular weight excluding hydrogens is 332 g/mol. The van der Waals surface area contributed by atoms with Crippen molar-refractivity contribution >= 4 is 39.0 Å². The highest BCUT2D eigenvalue weighted by Crippen LogP contribution is 2.41. The van der Waals surface area contributed by atoms with Crippen LogP contribution in [0.1, 0.15) is 5.56 Å². The van der Waals surface area contributed by atoms with Gasteiger partial charge in [0.2, 0.25) is 0 Å². The minimum absolute atomic E-state index is 0.605. The van der Waals surface area contributed by atoms with Crippen LogP contribution < -0.4 is 5.73 Å². The average molecular weight is 348 g/mol. The van der Waals surface area contributed by atoms with Crippen LogP contribution in [-0.2, 0) is 0 Å². The number of aromatic nitrogens is 1. The number of nitrogens with two attached hydrogens (primary N) is 1. The summed E-state index contributed by atoms with van der Waals surface area (Å²) in [5.41, 5.74) is 9.30. The Morgan fingerprint density at radius 1 is 0.917 bits per heavy atom. The van der Waals surface area contributed by atoms with Crippen molar-refractivity contribution in [2.45, 2.75) is 16.0 Å². The van der Waals surface area contributed by atoms with Crippen LogP contribution in [0.4, 0.5) is 5.13 Å². The standard InChI is InChI=1S/C20H16N2S2/c1-13-6-8-15(9-7-13)18-19(24-20(21)22-18)23-17-11-10-14-4-2-3-5-16(14)12-17/h2-12H,1H3,(H2,21,22). The lowest BCUT2D eigenvalue weighted by Crippen LogP contribution is -1.84. The first-order valence-electron chi connectivity index (χ1n) is 7.69. The maximum atomic E-state index is 5.98. The van der Waals surface area contributed by atoms with Crippen LogP contribution in [0, 0.1) is 6.92 Å². The molecule has 0 fully saturated rings. The van der Waals surface area contributed by atoms with Gasteiger partial charge in [-0.05, 0) is 29.8 Å². The number of anilines is 1. The van der Waals surface area contributed by atoms with E-state index < -0.39 is 0 Å². The van der Waals surface area contributed by atoms with Crippen LogP contribution in [0.3, 0.4) is 0 Å². The fourth-order valence-electron chi connectivity index (χ4n) is 2.62. The third-order valence-electron chi connectivity index (χ3n) is 3.87. The summed E-state index contributed by atoms with van der Waals surface area (Å²) < 4.78 is 1.13. The average Bonchev–Trinajstić information content (AvgIpc) is 2.96. The number of nitrogen functional groups attached to an aromatic ring is 1. The SMILES string of the molecule is Cc1ccc(-c2nc(N)sc2Sc2ccc3ccccc3c2)cc1. The molecule has 0 bridgehead atoms. The van der Waals surface area contributed by atoms with Gasteiger partial charge in [-0.15, -0.1) is 0 Å². The molecule has 2 nitrogen and oxygen atoms in total. The van der Waals surface area contributed by atoms with Gasteiger partial charge in [-0.2, -0.15) is 0 Å². The Hall–Kier alpha value is -2.30. The molecule has 0 aliphatic heterocycles. The number of nitrogens with zero attached hydrogens (tertiary/aromatic N) is 1. The van der Waals surface area contributed by atoms with E-state index in [0.29, 0.717) is 5.13 Å². The Morgan fingerprint density at radius 3 is 2.46 bits per heavy atom. The van der Waals surface area contributed by atoms with E-state index in [0.717, 1.165) is 15.5 Å². The van der Waals surface area contributed by atoms with Crippen LogP contribution in [0.25, 0.3) is 22.0 Å². The molecule has 24 heavy (non-hydrogen) atoms. The molecule has 2 N–H and O–H groups in total. The number of aryl methyl sites for hydroxylation is 1. The summed E-state index contributed by atoms with van der Waals surface area (Å²) in [6.07, 6.45) is 0. The highest BCUT2D eigenvalue weighted by Gasteiger charge is 2.13. The maximum absolute atomic E-state index is 5.98. The molecule has 4 heteroatoms. The van der Waals surface area contributed by atoms with Gasteiger partial charge in [0.05, 0.1) is 9.90 Å². The first-order chi connectivity index (χ1) is 11.7. The summed E-state index contributed by atoms with van der Waals surface area (Å²) in [7, 11) is 0. The zero-order valence-corrected chi connectivity index (χ0v) is 14.8. The lowest BCUT2D eigenvalue weighted by atomic mass is 10.1. The lowest BCUT2D eigenvalue weighted by molar-refractivity contribution is 1.35. The molecule has 4 aromatic rings. The molecule has 0 unspecified atom stereocenters.